The molecule has 0 unspecified atom stereocenters. The van der Waals surface area contributed by atoms with Gasteiger partial charge in [0, 0.05) is 14.2 Å². The highest BCUT2D eigenvalue weighted by Gasteiger charge is 2.62. The lowest BCUT2D eigenvalue weighted by molar-refractivity contribution is -0.349. The molecular weight excluding hydrogens is 905 g/mol. The van der Waals surface area contributed by atoms with E-state index < -0.39 is 97.2 Å². The molecule has 2 heterocycles. The molecule has 0 saturated carbocycles. The van der Waals surface area contributed by atoms with Crippen LogP contribution in [-0.4, -0.2) is 111 Å². The fourth-order valence-electron chi connectivity index (χ4n) is 7.96. The first-order chi connectivity index (χ1) is 34.1. The van der Waals surface area contributed by atoms with Crippen LogP contribution >= 0.6 is 0 Å². The first-order valence-electron chi connectivity index (χ1n) is 22.1. The monoisotopic (exact) mass is 950 g/mol. The topological polar surface area (TPSA) is 195 Å². The number of carbonyl (C=O) groups excluding carboxylic acids is 6. The molecule has 0 amide bonds. The Morgan fingerprint density at radius 1 is 0.286 bits per heavy atom. The smallest absolute Gasteiger partial charge is 0.338 e. The molecule has 6 aromatic carbocycles. The maximum atomic E-state index is 14.3. The van der Waals surface area contributed by atoms with E-state index in [0.717, 1.165) is 0 Å². The fourth-order valence-corrected chi connectivity index (χ4v) is 7.96. The Morgan fingerprint density at radius 3 is 0.671 bits per heavy atom. The molecule has 6 aromatic rings. The van der Waals surface area contributed by atoms with Crippen LogP contribution in [0.5, 0.6) is 0 Å². The molecule has 70 heavy (non-hydrogen) atoms. The molecule has 2 saturated heterocycles. The molecule has 16 heteroatoms. The quantitative estimate of drug-likeness (QED) is 0.0748. The van der Waals surface area contributed by atoms with E-state index in [1.54, 1.807) is 109 Å². The van der Waals surface area contributed by atoms with Gasteiger partial charge < -0.3 is 47.4 Å². The van der Waals surface area contributed by atoms with Crippen LogP contribution in [0.4, 0.5) is 0 Å². The molecule has 2 aliphatic heterocycles. The van der Waals surface area contributed by atoms with E-state index in [-0.39, 0.29) is 33.4 Å². The highest BCUT2D eigenvalue weighted by molar-refractivity contribution is 5.93. The fraction of sp³-hybridized carbons (Fsp3) is 0.222. The molecule has 0 N–H and O–H groups in total. The van der Waals surface area contributed by atoms with Gasteiger partial charge in [0.2, 0.25) is 0 Å². The standard InChI is InChI=1S/C54H46O16/c1-61-53-45(67-51(59)37-29-17-7-18-30-37)43(65-49(57)35-25-13-5-14-26-35)39(63-47(55)33-21-9-3-10-22-33)41(69-53)42-40(64-48(56)34-23-11-4-12-24-34)44(66-50(58)36-27-15-6-16-28-36)46(54(62-2)70-42)68-52(60)38-31-19-8-20-32-38/h3-32,39-46,53-54H,1-2H3/t39-,40-,41+,42+,43+,44+,45-,46-,53+,54+/m1/s1. The molecule has 10 atom stereocenters. The van der Waals surface area contributed by atoms with Gasteiger partial charge in [-0.25, -0.2) is 28.8 Å². The van der Waals surface area contributed by atoms with Crippen molar-refractivity contribution in [2.45, 2.75) is 61.4 Å². The first-order valence-corrected chi connectivity index (χ1v) is 22.1. The summed E-state index contributed by atoms with van der Waals surface area (Å²) >= 11 is 0. The van der Waals surface area contributed by atoms with Gasteiger partial charge in [0.15, 0.2) is 49.2 Å². The largest absolute Gasteiger partial charge is 0.452 e. The third-order valence-electron chi connectivity index (χ3n) is 11.4. The normalized spacial score (nSPS) is 23.9. The summed E-state index contributed by atoms with van der Waals surface area (Å²) < 4.78 is 62.2. The predicted molar refractivity (Wildman–Crippen MR) is 245 cm³/mol. The number of carbonyl (C=O) groups is 6. The van der Waals surface area contributed by atoms with Crippen molar-refractivity contribution < 1.29 is 76.1 Å². The summed E-state index contributed by atoms with van der Waals surface area (Å²) in [6.45, 7) is 0. The average Bonchev–Trinajstić information content (AvgIpc) is 3.41. The van der Waals surface area contributed by atoms with E-state index in [1.165, 1.54) is 87.0 Å². The highest BCUT2D eigenvalue weighted by atomic mass is 16.8. The zero-order valence-corrected chi connectivity index (χ0v) is 37.6. The summed E-state index contributed by atoms with van der Waals surface area (Å²) in [6.07, 6.45) is -17.4. The van der Waals surface area contributed by atoms with Gasteiger partial charge in [0.1, 0.15) is 12.2 Å². The van der Waals surface area contributed by atoms with Crippen LogP contribution in [0, 0.1) is 0 Å². The molecule has 2 aliphatic rings. The summed E-state index contributed by atoms with van der Waals surface area (Å²) in [4.78, 5) is 85.0. The molecule has 358 valence electrons. The van der Waals surface area contributed by atoms with Crippen LogP contribution in [0.15, 0.2) is 182 Å². The van der Waals surface area contributed by atoms with Gasteiger partial charge >= 0.3 is 35.8 Å². The van der Waals surface area contributed by atoms with Crippen molar-refractivity contribution in [3.05, 3.63) is 215 Å². The Bertz CT molecular complexity index is 2520. The number of ether oxygens (including phenoxy) is 10. The van der Waals surface area contributed by atoms with Gasteiger partial charge in [-0.15, -0.1) is 0 Å². The van der Waals surface area contributed by atoms with Gasteiger partial charge in [-0.1, -0.05) is 109 Å². The third kappa shape index (κ3) is 11.3. The summed E-state index contributed by atoms with van der Waals surface area (Å²) in [5.74, 6) is -5.55. The van der Waals surface area contributed by atoms with E-state index >= 15 is 0 Å². The molecule has 16 nitrogen and oxygen atoms in total. The highest BCUT2D eigenvalue weighted by Crippen LogP contribution is 2.39. The van der Waals surface area contributed by atoms with Crippen molar-refractivity contribution in [3.63, 3.8) is 0 Å². The maximum absolute atomic E-state index is 14.3. The second-order valence-electron chi connectivity index (χ2n) is 15.8. The number of hydrogen-bond acceptors (Lipinski definition) is 16. The molecule has 0 aromatic heterocycles. The molecule has 8 rings (SSSR count). The number of hydrogen-bond donors (Lipinski definition) is 0. The minimum Gasteiger partial charge on any atom is -0.452 e. The summed E-state index contributed by atoms with van der Waals surface area (Å²) in [5, 5.41) is 0. The Kier molecular flexibility index (Phi) is 15.8. The summed E-state index contributed by atoms with van der Waals surface area (Å²) in [5.41, 5.74) is 0.455. The second-order valence-corrected chi connectivity index (χ2v) is 15.8. The molecular formula is C54H46O16. The summed E-state index contributed by atoms with van der Waals surface area (Å²) in [6, 6.07) is 47.2. The Balaban J connectivity index is 1.29. The Hall–Kier alpha value is -8.02. The van der Waals surface area contributed by atoms with E-state index in [2.05, 4.69) is 0 Å². The minimum atomic E-state index is -1.84. The number of esters is 6. The van der Waals surface area contributed by atoms with Gasteiger partial charge in [-0.3, -0.25) is 0 Å². The Morgan fingerprint density at radius 2 is 0.471 bits per heavy atom. The second kappa shape index (κ2) is 22.9. The Labute approximate surface area is 401 Å². The van der Waals surface area contributed by atoms with E-state index in [0.29, 0.717) is 0 Å². The van der Waals surface area contributed by atoms with Crippen LogP contribution in [0.2, 0.25) is 0 Å². The van der Waals surface area contributed by atoms with Crippen LogP contribution in [0.1, 0.15) is 62.1 Å². The molecule has 0 bridgehead atoms. The van der Waals surface area contributed by atoms with Crippen LogP contribution < -0.4 is 0 Å². The average molecular weight is 951 g/mol. The van der Waals surface area contributed by atoms with Crippen LogP contribution in [-0.2, 0) is 47.4 Å². The maximum Gasteiger partial charge on any atom is 0.338 e. The SMILES string of the molecule is CO[C@H]1O[C@H]([C@H]2O[C@H](OC)[C@H](OC(=O)c3ccccc3)[C@@H](OC(=O)c3ccccc3)[C@@H]2OC(=O)c2ccccc2)[C@@H](OC(=O)c2ccccc2)[C@H](OC(=O)c2ccccc2)[C@H]1OC(=O)c1ccccc1. The van der Waals surface area contributed by atoms with E-state index in [1.807, 2.05) is 0 Å². The van der Waals surface area contributed by atoms with E-state index in [9.17, 15) is 28.8 Å². The summed E-state index contributed by atoms with van der Waals surface area (Å²) in [7, 11) is 2.46. The molecule has 2 fully saturated rings. The van der Waals surface area contributed by atoms with Crippen molar-refractivity contribution >= 4 is 35.8 Å². The zero-order chi connectivity index (χ0) is 49.0. The van der Waals surface area contributed by atoms with Crippen molar-refractivity contribution in [2.75, 3.05) is 14.2 Å². The lowest BCUT2D eigenvalue weighted by Gasteiger charge is -2.51. The lowest BCUT2D eigenvalue weighted by atomic mass is 9.87. The van der Waals surface area contributed by atoms with E-state index in [4.69, 9.17) is 47.4 Å². The van der Waals surface area contributed by atoms with Gasteiger partial charge in [-0.2, -0.15) is 0 Å². The van der Waals surface area contributed by atoms with Gasteiger partial charge in [-0.05, 0) is 72.8 Å². The van der Waals surface area contributed by atoms with Crippen LogP contribution in [0.25, 0.3) is 0 Å². The number of methoxy groups -OCH3 is 2. The number of rotatable bonds is 15. The lowest BCUT2D eigenvalue weighted by Crippen LogP contribution is -2.71. The van der Waals surface area contributed by atoms with Crippen LogP contribution in [0.3, 0.4) is 0 Å². The first kappa shape index (κ1) is 48.4. The van der Waals surface area contributed by atoms with Crippen molar-refractivity contribution in [1.82, 2.24) is 0 Å². The third-order valence-corrected chi connectivity index (χ3v) is 11.4. The zero-order valence-electron chi connectivity index (χ0n) is 37.6. The van der Waals surface area contributed by atoms with Gasteiger partial charge in [0.25, 0.3) is 0 Å². The van der Waals surface area contributed by atoms with Gasteiger partial charge in [0.05, 0.1) is 33.4 Å². The molecule has 0 radical (unpaired) electrons. The molecule has 0 spiro atoms. The minimum absolute atomic E-state index is 0.0509. The van der Waals surface area contributed by atoms with Crippen molar-refractivity contribution in [1.29, 1.82) is 0 Å². The number of benzene rings is 6. The molecule has 0 aliphatic carbocycles. The van der Waals surface area contributed by atoms with Crippen molar-refractivity contribution in [3.8, 4) is 0 Å². The van der Waals surface area contributed by atoms with Crippen molar-refractivity contribution in [2.24, 2.45) is 0 Å². The predicted octanol–water partition coefficient (Wildman–Crippen LogP) is 7.08.